The summed E-state index contributed by atoms with van der Waals surface area (Å²) in [5, 5.41) is 8.69. The van der Waals surface area contributed by atoms with Crippen LogP contribution in [0, 0.1) is 0 Å². The van der Waals surface area contributed by atoms with Crippen LogP contribution in [0.3, 0.4) is 0 Å². The van der Waals surface area contributed by atoms with Crippen molar-refractivity contribution in [2.75, 3.05) is 6.61 Å². The Labute approximate surface area is 54.5 Å². The standard InChI is InChI=1S/C6H10NO2/c1-3-9-6(7)4-5(2)8/h3-4H2,1-2H3/q-1. The highest BCUT2D eigenvalue weighted by Crippen LogP contribution is 1.87. The Bertz CT molecular complexity index is 120. The van der Waals surface area contributed by atoms with Crippen LogP contribution in [0.4, 0.5) is 0 Å². The van der Waals surface area contributed by atoms with Gasteiger partial charge in [0.05, 0.1) is 6.61 Å². The maximum absolute atomic E-state index is 10.3. The lowest BCUT2D eigenvalue weighted by atomic mass is 10.3. The number of carbonyl (C=O) groups excluding carboxylic acids is 1. The first-order valence-electron chi connectivity index (χ1n) is 2.83. The van der Waals surface area contributed by atoms with E-state index in [0.29, 0.717) is 6.61 Å². The minimum Gasteiger partial charge on any atom is -0.775 e. The van der Waals surface area contributed by atoms with Crippen molar-refractivity contribution in [2.45, 2.75) is 20.3 Å². The van der Waals surface area contributed by atoms with Gasteiger partial charge in [-0.25, -0.2) is 0 Å². The summed E-state index contributed by atoms with van der Waals surface area (Å²) in [7, 11) is 0. The van der Waals surface area contributed by atoms with Crippen LogP contribution in [0.2, 0.25) is 0 Å². The quantitative estimate of drug-likeness (QED) is 0.420. The van der Waals surface area contributed by atoms with Gasteiger partial charge in [-0.3, -0.25) is 4.79 Å². The molecule has 0 aliphatic heterocycles. The molecule has 0 saturated carbocycles. The van der Waals surface area contributed by atoms with E-state index in [1.54, 1.807) is 6.92 Å². The zero-order valence-electron chi connectivity index (χ0n) is 5.68. The third kappa shape index (κ3) is 5.00. The molecular weight excluding hydrogens is 118 g/mol. The summed E-state index contributed by atoms with van der Waals surface area (Å²) in [5.74, 6) is -0.286. The van der Waals surface area contributed by atoms with Crippen molar-refractivity contribution in [1.82, 2.24) is 0 Å². The average molecular weight is 128 g/mol. The number of carbonyl (C=O) groups is 1. The monoisotopic (exact) mass is 128 g/mol. The van der Waals surface area contributed by atoms with Crippen LogP contribution in [-0.2, 0) is 9.53 Å². The molecule has 3 heteroatoms. The van der Waals surface area contributed by atoms with E-state index in [1.165, 1.54) is 6.92 Å². The second kappa shape index (κ2) is 4.06. The second-order valence-electron chi connectivity index (χ2n) is 1.71. The highest BCUT2D eigenvalue weighted by molar-refractivity contribution is 5.98. The number of hydrogen-bond donors (Lipinski definition) is 0. The van der Waals surface area contributed by atoms with Crippen LogP contribution in [0.1, 0.15) is 20.3 Å². The van der Waals surface area contributed by atoms with Crippen molar-refractivity contribution in [1.29, 1.82) is 0 Å². The normalized spacial score (nSPS) is 8.67. The zero-order valence-corrected chi connectivity index (χ0v) is 5.68. The number of ether oxygens (including phenoxy) is 1. The highest BCUT2D eigenvalue weighted by atomic mass is 16.5. The Kier molecular flexibility index (Phi) is 3.67. The average Bonchev–Trinajstić information content (AvgIpc) is 1.63. The smallest absolute Gasteiger partial charge is 0.135 e. The van der Waals surface area contributed by atoms with Crippen LogP contribution in [0.25, 0.3) is 5.41 Å². The van der Waals surface area contributed by atoms with E-state index in [4.69, 9.17) is 5.41 Å². The van der Waals surface area contributed by atoms with Gasteiger partial charge >= 0.3 is 0 Å². The maximum Gasteiger partial charge on any atom is 0.135 e. The Balaban J connectivity index is 3.39. The molecule has 0 radical (unpaired) electrons. The second-order valence-corrected chi connectivity index (χ2v) is 1.71. The topological polar surface area (TPSA) is 48.6 Å². The summed E-state index contributed by atoms with van der Waals surface area (Å²) >= 11 is 0. The van der Waals surface area contributed by atoms with Gasteiger partial charge in [0, 0.05) is 6.42 Å². The van der Waals surface area contributed by atoms with E-state index in [1.807, 2.05) is 0 Å². The third-order valence-corrected chi connectivity index (χ3v) is 0.711. The summed E-state index contributed by atoms with van der Waals surface area (Å²) in [5.41, 5.74) is 0. The van der Waals surface area contributed by atoms with Crippen LogP contribution in [-0.4, -0.2) is 18.3 Å². The summed E-state index contributed by atoms with van der Waals surface area (Å²) in [4.78, 5) is 10.3. The predicted molar refractivity (Wildman–Crippen MR) is 35.3 cm³/mol. The first-order valence-corrected chi connectivity index (χ1v) is 2.83. The van der Waals surface area contributed by atoms with E-state index in [9.17, 15) is 4.79 Å². The van der Waals surface area contributed by atoms with Crippen molar-refractivity contribution in [3.8, 4) is 0 Å². The molecule has 0 N–H and O–H groups in total. The van der Waals surface area contributed by atoms with Gasteiger partial charge in [-0.2, -0.15) is 0 Å². The fourth-order valence-electron chi connectivity index (χ4n) is 0.431. The predicted octanol–water partition coefficient (Wildman–Crippen LogP) is 0.970. The number of rotatable bonds is 3. The molecule has 0 rings (SSSR count). The molecule has 0 saturated heterocycles. The van der Waals surface area contributed by atoms with Crippen LogP contribution in [0.5, 0.6) is 0 Å². The number of ketones is 1. The SMILES string of the molecule is CCOC(=[N-])CC(C)=O. The van der Waals surface area contributed by atoms with E-state index < -0.39 is 0 Å². The lowest BCUT2D eigenvalue weighted by Gasteiger charge is -2.10. The zero-order chi connectivity index (χ0) is 7.28. The van der Waals surface area contributed by atoms with Crippen molar-refractivity contribution >= 4 is 11.7 Å². The van der Waals surface area contributed by atoms with Crippen molar-refractivity contribution in [2.24, 2.45) is 0 Å². The van der Waals surface area contributed by atoms with Gasteiger partial charge in [-0.05, 0) is 19.7 Å². The fraction of sp³-hybridized carbons (Fsp3) is 0.667. The minimum atomic E-state index is -0.190. The van der Waals surface area contributed by atoms with Gasteiger partial charge in [0.25, 0.3) is 0 Å². The molecule has 0 atom stereocenters. The van der Waals surface area contributed by atoms with Gasteiger partial charge in [-0.15, -0.1) is 0 Å². The number of nitrogens with zero attached hydrogens (tertiary/aromatic N) is 1. The highest BCUT2D eigenvalue weighted by Gasteiger charge is 1.91. The van der Waals surface area contributed by atoms with Crippen LogP contribution >= 0.6 is 0 Å². The molecule has 0 aliphatic carbocycles. The van der Waals surface area contributed by atoms with Crippen LogP contribution < -0.4 is 0 Å². The lowest BCUT2D eigenvalue weighted by molar-refractivity contribution is -0.116. The first kappa shape index (κ1) is 8.14. The molecule has 0 amide bonds. The summed E-state index contributed by atoms with van der Waals surface area (Å²) < 4.78 is 4.60. The molecule has 0 aromatic rings. The molecule has 0 aliphatic rings. The maximum atomic E-state index is 10.3. The van der Waals surface area contributed by atoms with Crippen molar-refractivity contribution in [3.05, 3.63) is 5.41 Å². The van der Waals surface area contributed by atoms with E-state index in [-0.39, 0.29) is 18.1 Å². The lowest BCUT2D eigenvalue weighted by Crippen LogP contribution is -2.06. The van der Waals surface area contributed by atoms with E-state index >= 15 is 0 Å². The van der Waals surface area contributed by atoms with Gasteiger partial charge in [0.2, 0.25) is 0 Å². The van der Waals surface area contributed by atoms with Crippen LogP contribution in [0.15, 0.2) is 0 Å². The molecular formula is C6H10NO2-. The Hall–Kier alpha value is -0.860. The molecule has 9 heavy (non-hydrogen) atoms. The first-order chi connectivity index (χ1) is 4.16. The molecule has 52 valence electrons. The molecule has 0 aromatic carbocycles. The summed E-state index contributed by atoms with van der Waals surface area (Å²) in [6, 6.07) is 0. The largest absolute Gasteiger partial charge is 0.775 e. The van der Waals surface area contributed by atoms with Gasteiger partial charge < -0.3 is 10.1 Å². The third-order valence-electron chi connectivity index (χ3n) is 0.711. The molecule has 0 aromatic heterocycles. The number of hydrogen-bond acceptors (Lipinski definition) is 2. The molecule has 0 spiro atoms. The Morgan fingerprint density at radius 2 is 2.22 bits per heavy atom. The fourth-order valence-corrected chi connectivity index (χ4v) is 0.431. The minimum absolute atomic E-state index is 0.00778. The molecule has 0 heterocycles. The summed E-state index contributed by atoms with van der Waals surface area (Å²) in [6.45, 7) is 3.55. The van der Waals surface area contributed by atoms with Gasteiger partial charge in [0.15, 0.2) is 0 Å². The van der Waals surface area contributed by atoms with Crippen molar-refractivity contribution < 1.29 is 9.53 Å². The Morgan fingerprint density at radius 3 is 2.56 bits per heavy atom. The van der Waals surface area contributed by atoms with Crippen molar-refractivity contribution in [3.63, 3.8) is 0 Å². The molecule has 0 unspecified atom stereocenters. The Morgan fingerprint density at radius 1 is 1.67 bits per heavy atom. The van der Waals surface area contributed by atoms with Gasteiger partial charge in [-0.1, -0.05) is 0 Å². The molecule has 0 bridgehead atoms. The summed E-state index contributed by atoms with van der Waals surface area (Å²) in [6.07, 6.45) is 0.00778. The number of Topliss-reactive ketones (excluding diaryl/α,β-unsaturated/α-hetero) is 1. The molecule has 0 fully saturated rings. The van der Waals surface area contributed by atoms with Gasteiger partial charge in [0.1, 0.15) is 5.78 Å². The van der Waals surface area contributed by atoms with E-state index in [0.717, 1.165) is 0 Å². The molecule has 3 nitrogen and oxygen atoms in total. The van der Waals surface area contributed by atoms with E-state index in [2.05, 4.69) is 4.74 Å².